The smallest absolute Gasteiger partial charge is 0.119 e. The number of benzene rings is 1. The lowest BCUT2D eigenvalue weighted by Crippen LogP contribution is -2.43. The van der Waals surface area contributed by atoms with Crippen molar-refractivity contribution >= 4 is 10.9 Å². The van der Waals surface area contributed by atoms with Gasteiger partial charge in [-0.15, -0.1) is 0 Å². The number of rotatable bonds is 4. The Labute approximate surface area is 137 Å². The summed E-state index contributed by atoms with van der Waals surface area (Å²) in [6.07, 6.45) is 8.34. The van der Waals surface area contributed by atoms with Crippen LogP contribution in [0, 0.1) is 0 Å². The van der Waals surface area contributed by atoms with Crippen LogP contribution in [-0.4, -0.2) is 48.8 Å². The van der Waals surface area contributed by atoms with E-state index in [4.69, 9.17) is 9.47 Å². The molecule has 0 bridgehead atoms. The van der Waals surface area contributed by atoms with Crippen LogP contribution in [0.3, 0.4) is 0 Å². The summed E-state index contributed by atoms with van der Waals surface area (Å²) in [5.74, 6) is 0.936. The molecule has 2 aliphatic heterocycles. The Morgan fingerprint density at radius 1 is 1.26 bits per heavy atom. The molecule has 1 aromatic carbocycles. The van der Waals surface area contributed by atoms with E-state index in [1.54, 1.807) is 7.11 Å². The first-order chi connectivity index (χ1) is 11.3. The minimum absolute atomic E-state index is 0.670. The third-order valence-electron chi connectivity index (χ3n) is 5.51. The van der Waals surface area contributed by atoms with Gasteiger partial charge in [0.25, 0.3) is 0 Å². The van der Waals surface area contributed by atoms with Crippen LogP contribution in [0.4, 0.5) is 0 Å². The van der Waals surface area contributed by atoms with Crippen LogP contribution >= 0.6 is 0 Å². The number of fused-ring (bicyclic) bond motifs is 1. The minimum atomic E-state index is 0.670. The normalized spacial score (nSPS) is 23.6. The molecule has 0 unspecified atom stereocenters. The van der Waals surface area contributed by atoms with Crippen molar-refractivity contribution in [2.24, 2.45) is 0 Å². The van der Waals surface area contributed by atoms with Gasteiger partial charge in [0.2, 0.25) is 0 Å². The van der Waals surface area contributed by atoms with Crippen molar-refractivity contribution in [1.82, 2.24) is 9.88 Å². The van der Waals surface area contributed by atoms with Crippen molar-refractivity contribution in [1.29, 1.82) is 0 Å². The van der Waals surface area contributed by atoms with Crippen molar-refractivity contribution in [3.8, 4) is 5.75 Å². The fourth-order valence-corrected chi connectivity index (χ4v) is 4.28. The maximum absolute atomic E-state index is 5.54. The van der Waals surface area contributed by atoms with Gasteiger partial charge in [-0.2, -0.15) is 0 Å². The number of nitrogens with zero attached hydrogens (tertiary/aromatic N) is 1. The summed E-state index contributed by atoms with van der Waals surface area (Å²) in [6, 6.07) is 7.68. The molecule has 1 aromatic heterocycles. The lowest BCUT2D eigenvalue weighted by atomic mass is 10.00. The monoisotopic (exact) mass is 314 g/mol. The number of aromatic amines is 1. The van der Waals surface area contributed by atoms with Crippen LogP contribution in [0.1, 0.15) is 31.2 Å². The van der Waals surface area contributed by atoms with Gasteiger partial charge < -0.3 is 14.5 Å². The first-order valence-electron chi connectivity index (χ1n) is 8.82. The maximum Gasteiger partial charge on any atom is 0.119 e. The summed E-state index contributed by atoms with van der Waals surface area (Å²) < 4.78 is 10.9. The molecule has 4 nitrogen and oxygen atoms in total. The topological polar surface area (TPSA) is 37.5 Å². The first kappa shape index (κ1) is 15.0. The van der Waals surface area contributed by atoms with E-state index < -0.39 is 0 Å². The number of nitrogens with one attached hydrogen (secondary N) is 1. The van der Waals surface area contributed by atoms with E-state index in [-0.39, 0.29) is 0 Å². The largest absolute Gasteiger partial charge is 0.497 e. The first-order valence-corrected chi connectivity index (χ1v) is 8.82. The fourth-order valence-electron chi connectivity index (χ4n) is 4.28. The van der Waals surface area contributed by atoms with Crippen LogP contribution in [0.15, 0.2) is 24.4 Å². The second kappa shape index (κ2) is 6.54. The summed E-state index contributed by atoms with van der Waals surface area (Å²) in [7, 11) is 1.73. The van der Waals surface area contributed by atoms with Crippen molar-refractivity contribution in [2.75, 3.05) is 26.9 Å². The van der Waals surface area contributed by atoms with Crippen LogP contribution in [0.5, 0.6) is 5.75 Å². The van der Waals surface area contributed by atoms with Crippen LogP contribution < -0.4 is 4.74 Å². The third kappa shape index (κ3) is 2.98. The zero-order valence-corrected chi connectivity index (χ0v) is 13.9. The van der Waals surface area contributed by atoms with Crippen LogP contribution in [0.25, 0.3) is 10.9 Å². The molecular weight excluding hydrogens is 288 g/mol. The summed E-state index contributed by atoms with van der Waals surface area (Å²) in [5, 5.41) is 1.31. The van der Waals surface area contributed by atoms with E-state index in [2.05, 4.69) is 28.2 Å². The van der Waals surface area contributed by atoms with Crippen LogP contribution in [0.2, 0.25) is 0 Å². The summed E-state index contributed by atoms with van der Waals surface area (Å²) in [5.41, 5.74) is 2.62. The Morgan fingerprint density at radius 2 is 2.13 bits per heavy atom. The van der Waals surface area contributed by atoms with Gasteiger partial charge in [-0.05, 0) is 62.4 Å². The van der Waals surface area contributed by atoms with Crippen molar-refractivity contribution in [3.05, 3.63) is 30.0 Å². The summed E-state index contributed by atoms with van der Waals surface area (Å²) in [4.78, 5) is 6.17. The molecule has 0 amide bonds. The molecule has 2 saturated heterocycles. The SMILES string of the molecule is COc1ccc2[nH]cc(C[C@H]3CCCN3C3CCOCC3)c2c1. The number of hydrogen-bond donors (Lipinski definition) is 1. The summed E-state index contributed by atoms with van der Waals surface area (Å²) >= 11 is 0. The van der Waals surface area contributed by atoms with Gasteiger partial charge in [0.1, 0.15) is 5.75 Å². The molecular formula is C19H26N2O2. The zero-order chi connectivity index (χ0) is 15.6. The zero-order valence-electron chi connectivity index (χ0n) is 13.9. The highest BCUT2D eigenvalue weighted by Gasteiger charge is 2.32. The van der Waals surface area contributed by atoms with Gasteiger partial charge in [0.05, 0.1) is 7.11 Å². The molecule has 1 atom stereocenters. The molecule has 2 aliphatic rings. The van der Waals surface area contributed by atoms with Crippen LogP contribution in [-0.2, 0) is 11.2 Å². The standard InChI is InChI=1S/C19H26N2O2/c1-22-17-4-5-19-18(12-17)14(13-20-19)11-16-3-2-8-21(16)15-6-9-23-10-7-15/h4-5,12-13,15-16,20H,2-3,6-11H2,1H3/t16-/m1/s1. The molecule has 4 heteroatoms. The predicted molar refractivity (Wildman–Crippen MR) is 92.1 cm³/mol. The Balaban J connectivity index is 1.54. The second-order valence-electron chi connectivity index (χ2n) is 6.81. The Kier molecular flexibility index (Phi) is 4.27. The molecule has 0 aliphatic carbocycles. The Bertz CT molecular complexity index is 660. The third-order valence-corrected chi connectivity index (χ3v) is 5.51. The molecule has 0 spiro atoms. The number of likely N-dealkylation sites (tertiary alicyclic amines) is 1. The quantitative estimate of drug-likeness (QED) is 0.940. The number of H-pyrrole nitrogens is 1. The van der Waals surface area contributed by atoms with E-state index in [1.807, 2.05) is 6.07 Å². The molecule has 2 fully saturated rings. The maximum atomic E-state index is 5.54. The average molecular weight is 314 g/mol. The summed E-state index contributed by atoms with van der Waals surface area (Å²) in [6.45, 7) is 3.11. The average Bonchev–Trinajstić information content (AvgIpc) is 3.23. The molecule has 23 heavy (non-hydrogen) atoms. The number of aromatic nitrogens is 1. The van der Waals surface area contributed by atoms with Gasteiger partial charge >= 0.3 is 0 Å². The Hall–Kier alpha value is -1.52. The van der Waals surface area contributed by atoms with Crippen molar-refractivity contribution < 1.29 is 9.47 Å². The molecule has 2 aromatic rings. The van der Waals surface area contributed by atoms with Gasteiger partial charge in [-0.3, -0.25) is 4.90 Å². The highest BCUT2D eigenvalue weighted by Crippen LogP contribution is 2.30. The number of hydrogen-bond acceptors (Lipinski definition) is 3. The number of ether oxygens (including phenoxy) is 2. The highest BCUT2D eigenvalue weighted by atomic mass is 16.5. The molecule has 0 radical (unpaired) electrons. The Morgan fingerprint density at radius 3 is 2.96 bits per heavy atom. The molecule has 1 N–H and O–H groups in total. The van der Waals surface area contributed by atoms with E-state index in [9.17, 15) is 0 Å². The molecule has 3 heterocycles. The van der Waals surface area contributed by atoms with E-state index in [0.717, 1.165) is 31.4 Å². The van der Waals surface area contributed by atoms with E-state index in [0.29, 0.717) is 6.04 Å². The van der Waals surface area contributed by atoms with E-state index >= 15 is 0 Å². The van der Waals surface area contributed by atoms with Gasteiger partial charge in [-0.1, -0.05) is 0 Å². The predicted octanol–water partition coefficient (Wildman–Crippen LogP) is 3.36. The lowest BCUT2D eigenvalue weighted by molar-refractivity contribution is 0.0294. The van der Waals surface area contributed by atoms with Crippen molar-refractivity contribution in [3.63, 3.8) is 0 Å². The lowest BCUT2D eigenvalue weighted by Gasteiger charge is -2.35. The highest BCUT2D eigenvalue weighted by molar-refractivity contribution is 5.84. The van der Waals surface area contributed by atoms with Gasteiger partial charge in [0, 0.05) is 42.4 Å². The fraction of sp³-hybridized carbons (Fsp3) is 0.579. The molecule has 124 valence electrons. The minimum Gasteiger partial charge on any atom is -0.497 e. The second-order valence-corrected chi connectivity index (χ2v) is 6.81. The molecule has 4 rings (SSSR count). The van der Waals surface area contributed by atoms with Crippen molar-refractivity contribution in [2.45, 2.75) is 44.2 Å². The van der Waals surface area contributed by atoms with Gasteiger partial charge in [0.15, 0.2) is 0 Å². The number of methoxy groups -OCH3 is 1. The molecule has 0 saturated carbocycles. The van der Waals surface area contributed by atoms with E-state index in [1.165, 1.54) is 48.7 Å². The van der Waals surface area contributed by atoms with Gasteiger partial charge in [-0.25, -0.2) is 0 Å².